The molecule has 0 bridgehead atoms. The maximum Gasteiger partial charge on any atom is 0.401 e. The minimum absolute atomic E-state index is 0.0973. The summed E-state index contributed by atoms with van der Waals surface area (Å²) >= 11 is 0. The van der Waals surface area contributed by atoms with Gasteiger partial charge >= 0.3 is 6.18 Å². The molecular weight excluding hydrogens is 746 g/mol. The molecule has 5 aromatic rings. The van der Waals surface area contributed by atoms with Gasteiger partial charge in [0.2, 0.25) is 11.8 Å². The second kappa shape index (κ2) is 15.8. The number of hydrogen-bond donors (Lipinski definition) is 4. The third-order valence-electron chi connectivity index (χ3n) is 10.3. The zero-order valence-electron chi connectivity index (χ0n) is 31.5. The number of halogens is 4. The molecule has 3 aromatic heterocycles. The number of piperidine rings is 1. The minimum Gasteiger partial charge on any atom is -0.372 e. The quantitative estimate of drug-likeness (QED) is 0.108. The summed E-state index contributed by atoms with van der Waals surface area (Å²) in [5.74, 6) is -1.73. The number of imide groups is 1. The summed E-state index contributed by atoms with van der Waals surface area (Å²) in [5, 5.41) is 18.4. The summed E-state index contributed by atoms with van der Waals surface area (Å²) in [6, 6.07) is 15.0. The SMILES string of the molecule is Cc1cc(-c2ccc(CN3CCN(c4ncc(NC5CCC(=O)NC5=O)cc4F)CC3)cc2)ccc1-n1cc(C(=O)NCc2nc(C(C)(C)C(F)(F)F)n[nH]2)cn1. The lowest BCUT2D eigenvalue weighted by Gasteiger charge is -2.35. The first kappa shape index (κ1) is 39.1. The van der Waals surface area contributed by atoms with Gasteiger partial charge in [0.05, 0.1) is 35.9 Å². The van der Waals surface area contributed by atoms with Crippen LogP contribution in [-0.4, -0.2) is 91.0 Å². The van der Waals surface area contributed by atoms with Crippen molar-refractivity contribution in [2.45, 2.75) is 64.3 Å². The van der Waals surface area contributed by atoms with Crippen LogP contribution in [0.1, 0.15) is 59.8 Å². The van der Waals surface area contributed by atoms with E-state index in [1.165, 1.54) is 18.5 Å². The number of carbonyl (C=O) groups is 3. The molecule has 0 spiro atoms. The Labute approximate surface area is 325 Å². The first-order valence-corrected chi connectivity index (χ1v) is 18.4. The van der Waals surface area contributed by atoms with Gasteiger partial charge in [0.1, 0.15) is 17.3 Å². The molecule has 7 rings (SSSR count). The number of hydrogen-bond acceptors (Lipinski definition) is 10. The van der Waals surface area contributed by atoms with E-state index in [2.05, 4.69) is 70.4 Å². The van der Waals surface area contributed by atoms with Crippen molar-refractivity contribution in [2.24, 2.45) is 0 Å². The van der Waals surface area contributed by atoms with Gasteiger partial charge in [0.25, 0.3) is 5.91 Å². The van der Waals surface area contributed by atoms with Crippen LogP contribution >= 0.6 is 0 Å². The summed E-state index contributed by atoms with van der Waals surface area (Å²) in [4.78, 5) is 48.8. The van der Waals surface area contributed by atoms with Crippen LogP contribution < -0.4 is 20.9 Å². The highest BCUT2D eigenvalue weighted by Gasteiger charge is 2.51. The number of H-pyrrole nitrogens is 1. The molecule has 4 N–H and O–H groups in total. The van der Waals surface area contributed by atoms with Crippen LogP contribution in [-0.2, 0) is 28.1 Å². The number of alkyl halides is 3. The van der Waals surface area contributed by atoms with Crippen LogP contribution in [0.5, 0.6) is 0 Å². The normalized spacial score (nSPS) is 16.8. The largest absolute Gasteiger partial charge is 0.401 e. The van der Waals surface area contributed by atoms with Crippen molar-refractivity contribution < 1.29 is 31.9 Å². The number of piperazine rings is 1. The summed E-state index contributed by atoms with van der Waals surface area (Å²) in [7, 11) is 0. The minimum atomic E-state index is -4.53. The van der Waals surface area contributed by atoms with Gasteiger partial charge < -0.3 is 15.5 Å². The Balaban J connectivity index is 0.897. The van der Waals surface area contributed by atoms with Crippen molar-refractivity contribution in [1.29, 1.82) is 0 Å². The maximum absolute atomic E-state index is 15.1. The summed E-state index contributed by atoms with van der Waals surface area (Å²) in [6.45, 7) is 7.19. The van der Waals surface area contributed by atoms with Gasteiger partial charge in [-0.1, -0.05) is 30.3 Å². The van der Waals surface area contributed by atoms with E-state index in [1.807, 2.05) is 30.0 Å². The van der Waals surface area contributed by atoms with E-state index in [1.54, 1.807) is 10.9 Å². The highest BCUT2D eigenvalue weighted by molar-refractivity contribution is 6.01. The molecule has 0 radical (unpaired) electrons. The van der Waals surface area contributed by atoms with E-state index in [-0.39, 0.29) is 36.1 Å². The van der Waals surface area contributed by atoms with Crippen LogP contribution in [0.25, 0.3) is 16.8 Å². The van der Waals surface area contributed by atoms with Gasteiger partial charge in [-0.2, -0.15) is 23.4 Å². The number of aromatic nitrogens is 6. The Kier molecular flexibility index (Phi) is 10.8. The average molecular weight is 788 g/mol. The molecule has 1 atom stereocenters. The molecule has 57 heavy (non-hydrogen) atoms. The number of nitrogens with one attached hydrogen (secondary N) is 4. The van der Waals surface area contributed by atoms with Gasteiger partial charge in [-0.05, 0) is 61.6 Å². The van der Waals surface area contributed by atoms with Crippen molar-refractivity contribution in [3.05, 3.63) is 101 Å². The highest BCUT2D eigenvalue weighted by atomic mass is 19.4. The predicted octanol–water partition coefficient (Wildman–Crippen LogP) is 4.81. The van der Waals surface area contributed by atoms with Crippen LogP contribution in [0.3, 0.4) is 0 Å². The van der Waals surface area contributed by atoms with Crippen molar-refractivity contribution in [2.75, 3.05) is 36.4 Å². The number of benzene rings is 2. The van der Waals surface area contributed by atoms with Crippen molar-refractivity contribution in [1.82, 2.24) is 45.5 Å². The van der Waals surface area contributed by atoms with Gasteiger partial charge in [-0.25, -0.2) is 19.0 Å². The van der Waals surface area contributed by atoms with Gasteiger partial charge in [0, 0.05) is 51.4 Å². The Hall–Kier alpha value is -6.17. The molecule has 2 aliphatic rings. The average Bonchev–Trinajstić information content (AvgIpc) is 3.87. The first-order chi connectivity index (χ1) is 27.1. The standard InChI is InChI=1S/C39H41F4N11O3/c1-23-16-26(8-10-31(23)54-22-27(18-46-54)35(56)45-20-32-48-37(51-50-32)38(2,3)39(41,42)43)25-6-4-24(5-7-25)21-52-12-14-53(15-13-52)34-29(40)17-28(19-44-34)47-30-9-11-33(55)49-36(30)57/h4-8,10,16-19,22,30,47H,9,11-15,20-21H2,1-3H3,(H,45,56)(H,48,50,51)(H,49,55,57). The fourth-order valence-corrected chi connectivity index (χ4v) is 6.66. The van der Waals surface area contributed by atoms with Gasteiger partial charge in [0.15, 0.2) is 17.5 Å². The first-order valence-electron chi connectivity index (χ1n) is 18.4. The third-order valence-corrected chi connectivity index (χ3v) is 10.3. The third kappa shape index (κ3) is 8.65. The van der Waals surface area contributed by atoms with E-state index in [0.29, 0.717) is 25.2 Å². The number of anilines is 2. The second-order valence-corrected chi connectivity index (χ2v) is 14.7. The highest BCUT2D eigenvalue weighted by Crippen LogP contribution is 2.38. The fourth-order valence-electron chi connectivity index (χ4n) is 6.66. The summed E-state index contributed by atoms with van der Waals surface area (Å²) in [6.07, 6.45) is 0.534. The van der Waals surface area contributed by atoms with E-state index in [4.69, 9.17) is 0 Å². The van der Waals surface area contributed by atoms with Crippen molar-refractivity contribution in [3.8, 4) is 16.8 Å². The monoisotopic (exact) mass is 787 g/mol. The molecule has 2 aliphatic heterocycles. The number of pyridine rings is 1. The lowest BCUT2D eigenvalue weighted by molar-refractivity contribution is -0.182. The van der Waals surface area contributed by atoms with Crippen molar-refractivity contribution in [3.63, 3.8) is 0 Å². The molecule has 18 heteroatoms. The lowest BCUT2D eigenvalue weighted by Crippen LogP contribution is -2.47. The smallest absolute Gasteiger partial charge is 0.372 e. The van der Waals surface area contributed by atoms with Crippen LogP contribution in [0.2, 0.25) is 0 Å². The van der Waals surface area contributed by atoms with Crippen LogP contribution in [0, 0.1) is 12.7 Å². The number of aromatic amines is 1. The van der Waals surface area contributed by atoms with Crippen LogP contribution in [0.4, 0.5) is 29.1 Å². The second-order valence-electron chi connectivity index (χ2n) is 14.7. The van der Waals surface area contributed by atoms with Gasteiger partial charge in [-0.3, -0.25) is 29.7 Å². The van der Waals surface area contributed by atoms with Crippen molar-refractivity contribution >= 4 is 29.2 Å². The molecule has 0 saturated carbocycles. The molecular formula is C39H41F4N11O3. The summed E-state index contributed by atoms with van der Waals surface area (Å²) in [5.41, 5.74) is 3.30. The maximum atomic E-state index is 15.1. The molecule has 14 nitrogen and oxygen atoms in total. The molecule has 2 aromatic carbocycles. The zero-order valence-corrected chi connectivity index (χ0v) is 31.5. The number of amides is 3. The molecule has 2 fully saturated rings. The Morgan fingerprint density at radius 1 is 0.982 bits per heavy atom. The fraction of sp³-hybridized carbons (Fsp3) is 0.359. The molecule has 3 amide bonds. The van der Waals surface area contributed by atoms with Crippen LogP contribution in [0.15, 0.2) is 67.1 Å². The number of aryl methyl sites for hydroxylation is 1. The molecule has 298 valence electrons. The number of carbonyl (C=O) groups excluding carboxylic acids is 3. The Morgan fingerprint density at radius 2 is 1.72 bits per heavy atom. The van der Waals surface area contributed by atoms with E-state index in [9.17, 15) is 27.6 Å². The zero-order chi connectivity index (χ0) is 40.5. The van der Waals surface area contributed by atoms with E-state index in [0.717, 1.165) is 61.4 Å². The topological polar surface area (TPSA) is 166 Å². The molecule has 0 aliphatic carbocycles. The van der Waals surface area contributed by atoms with Gasteiger partial charge in [-0.15, -0.1) is 0 Å². The lowest BCUT2D eigenvalue weighted by atomic mass is 9.92. The number of nitrogens with zero attached hydrogens (tertiary/aromatic N) is 7. The molecule has 5 heterocycles. The predicted molar refractivity (Wildman–Crippen MR) is 202 cm³/mol. The molecule has 2 saturated heterocycles. The van der Waals surface area contributed by atoms with E-state index < -0.39 is 41.1 Å². The Bertz CT molecular complexity index is 2280. The van der Waals surface area contributed by atoms with E-state index >= 15 is 4.39 Å². The molecule has 1 unspecified atom stereocenters. The number of rotatable bonds is 11. The summed E-state index contributed by atoms with van der Waals surface area (Å²) < 4.78 is 56.7. The Morgan fingerprint density at radius 3 is 2.40 bits per heavy atom.